The maximum absolute atomic E-state index is 13.5. The van der Waals surface area contributed by atoms with Crippen LogP contribution in [0.25, 0.3) is 27.8 Å². The van der Waals surface area contributed by atoms with Gasteiger partial charge >= 0.3 is 0 Å². The summed E-state index contributed by atoms with van der Waals surface area (Å²) in [7, 11) is 0. The van der Waals surface area contributed by atoms with Gasteiger partial charge in [-0.2, -0.15) is 14.6 Å². The first-order valence-corrected chi connectivity index (χ1v) is 14.3. The summed E-state index contributed by atoms with van der Waals surface area (Å²) >= 11 is 4.74. The quantitative estimate of drug-likeness (QED) is 0.190. The second-order valence-corrected chi connectivity index (χ2v) is 11.7. The highest BCUT2D eigenvalue weighted by atomic mass is 79.9. The van der Waals surface area contributed by atoms with Gasteiger partial charge in [0.1, 0.15) is 5.82 Å². The van der Waals surface area contributed by atoms with Crippen molar-refractivity contribution in [3.63, 3.8) is 0 Å². The van der Waals surface area contributed by atoms with E-state index in [4.69, 9.17) is 4.98 Å². The van der Waals surface area contributed by atoms with Gasteiger partial charge in [0, 0.05) is 21.5 Å². The molecule has 2 bridgehead atoms. The van der Waals surface area contributed by atoms with Crippen molar-refractivity contribution in [2.45, 2.75) is 43.8 Å². The molecule has 2 aromatic carbocycles. The summed E-state index contributed by atoms with van der Waals surface area (Å²) in [4.78, 5) is 35.1. The SMILES string of the molecule is CC[C@H]1[C@H]2CC[C@@H](C2)[C@H]1NC(=O)CSc1nc2cc(Br)ccc2c2nc(=O)c(-c3ccc(F)cc3)nn12. The van der Waals surface area contributed by atoms with Gasteiger partial charge in [0.2, 0.25) is 5.91 Å². The zero-order chi connectivity index (χ0) is 25.7. The van der Waals surface area contributed by atoms with Crippen molar-refractivity contribution < 1.29 is 9.18 Å². The van der Waals surface area contributed by atoms with E-state index in [1.54, 1.807) is 0 Å². The summed E-state index contributed by atoms with van der Waals surface area (Å²) in [6.07, 6.45) is 4.78. The van der Waals surface area contributed by atoms with Crippen LogP contribution in [0.4, 0.5) is 4.39 Å². The van der Waals surface area contributed by atoms with Gasteiger partial charge < -0.3 is 5.32 Å². The molecule has 37 heavy (non-hydrogen) atoms. The van der Waals surface area contributed by atoms with Crippen LogP contribution in [0.2, 0.25) is 0 Å². The van der Waals surface area contributed by atoms with Gasteiger partial charge in [-0.25, -0.2) is 9.37 Å². The van der Waals surface area contributed by atoms with E-state index in [0.29, 0.717) is 39.1 Å². The summed E-state index contributed by atoms with van der Waals surface area (Å²) in [5.74, 6) is 1.60. The molecule has 0 spiro atoms. The average molecular weight is 582 g/mol. The van der Waals surface area contributed by atoms with Crippen LogP contribution in [0, 0.1) is 23.6 Å². The van der Waals surface area contributed by atoms with Crippen LogP contribution in [0.5, 0.6) is 0 Å². The largest absolute Gasteiger partial charge is 0.352 e. The Hall–Kier alpha value is -2.85. The van der Waals surface area contributed by atoms with Crippen LogP contribution in [-0.4, -0.2) is 37.3 Å². The molecular weight excluding hydrogens is 557 g/mol. The summed E-state index contributed by atoms with van der Waals surface area (Å²) in [5, 5.41) is 9.00. The van der Waals surface area contributed by atoms with E-state index in [0.717, 1.165) is 16.8 Å². The van der Waals surface area contributed by atoms with Crippen LogP contribution < -0.4 is 10.9 Å². The van der Waals surface area contributed by atoms with Crippen molar-refractivity contribution in [1.82, 2.24) is 24.9 Å². The van der Waals surface area contributed by atoms with Crippen LogP contribution in [0.3, 0.4) is 0 Å². The summed E-state index contributed by atoms with van der Waals surface area (Å²) in [6, 6.07) is 11.3. The Morgan fingerprint density at radius 3 is 2.73 bits per heavy atom. The molecule has 2 saturated carbocycles. The molecular formula is C27H25BrFN5O2S. The Labute approximate surface area is 225 Å². The van der Waals surface area contributed by atoms with Crippen LogP contribution >= 0.6 is 27.7 Å². The Morgan fingerprint density at radius 2 is 1.95 bits per heavy atom. The Bertz CT molecular complexity index is 1580. The number of nitrogens with one attached hydrogen (secondary N) is 1. The molecule has 1 amide bonds. The molecule has 4 atom stereocenters. The summed E-state index contributed by atoms with van der Waals surface area (Å²) in [5.41, 5.74) is 1.03. The lowest BCUT2D eigenvalue weighted by Gasteiger charge is -2.31. The first-order valence-electron chi connectivity index (χ1n) is 12.5. The molecule has 1 N–H and O–H groups in total. The minimum absolute atomic E-state index is 0.0296. The second kappa shape index (κ2) is 9.79. The van der Waals surface area contributed by atoms with Gasteiger partial charge in [0.25, 0.3) is 5.56 Å². The first kappa shape index (κ1) is 24.5. The molecule has 7 nitrogen and oxygen atoms in total. The lowest BCUT2D eigenvalue weighted by molar-refractivity contribution is -0.120. The van der Waals surface area contributed by atoms with E-state index in [-0.39, 0.29) is 23.4 Å². The Morgan fingerprint density at radius 1 is 1.16 bits per heavy atom. The topological polar surface area (TPSA) is 89.2 Å². The zero-order valence-corrected chi connectivity index (χ0v) is 22.6. The number of aromatic nitrogens is 4. The predicted molar refractivity (Wildman–Crippen MR) is 145 cm³/mol. The maximum atomic E-state index is 13.5. The molecule has 0 radical (unpaired) electrons. The monoisotopic (exact) mass is 581 g/mol. The summed E-state index contributed by atoms with van der Waals surface area (Å²) in [6.45, 7) is 2.21. The van der Waals surface area contributed by atoms with Crippen LogP contribution in [-0.2, 0) is 4.79 Å². The molecule has 2 aliphatic rings. The highest BCUT2D eigenvalue weighted by molar-refractivity contribution is 9.10. The van der Waals surface area contributed by atoms with E-state index in [9.17, 15) is 14.0 Å². The van der Waals surface area contributed by atoms with Crippen LogP contribution in [0.1, 0.15) is 32.6 Å². The minimum Gasteiger partial charge on any atom is -0.352 e. The first-order chi connectivity index (χ1) is 17.9. The number of thioether (sulfide) groups is 1. The molecule has 2 aromatic heterocycles. The fourth-order valence-electron chi connectivity index (χ4n) is 6.09. The Kier molecular flexibility index (Phi) is 6.48. The van der Waals surface area contributed by atoms with Crippen molar-refractivity contribution in [1.29, 1.82) is 0 Å². The average Bonchev–Trinajstić information content (AvgIpc) is 3.49. The fourth-order valence-corrected chi connectivity index (χ4v) is 7.20. The second-order valence-electron chi connectivity index (χ2n) is 9.85. The van der Waals surface area contributed by atoms with Crippen molar-refractivity contribution in [3.05, 3.63) is 63.1 Å². The number of halogens is 2. The maximum Gasteiger partial charge on any atom is 0.300 e. The van der Waals surface area contributed by atoms with E-state index >= 15 is 0 Å². The molecule has 6 rings (SSSR count). The Balaban J connectivity index is 1.35. The molecule has 10 heteroatoms. The molecule has 2 aliphatic carbocycles. The molecule has 2 fully saturated rings. The van der Waals surface area contributed by atoms with Crippen molar-refractivity contribution in [3.8, 4) is 11.3 Å². The normalized spacial score (nSPS) is 22.7. The number of amides is 1. The number of hydrogen-bond donors (Lipinski definition) is 1. The third-order valence-electron chi connectivity index (χ3n) is 7.75. The molecule has 190 valence electrons. The van der Waals surface area contributed by atoms with Crippen molar-refractivity contribution >= 4 is 50.1 Å². The third-order valence-corrected chi connectivity index (χ3v) is 9.17. The molecule has 2 heterocycles. The molecule has 0 aliphatic heterocycles. The van der Waals surface area contributed by atoms with E-state index in [1.807, 2.05) is 18.2 Å². The lowest BCUT2D eigenvalue weighted by atomic mass is 9.83. The standard InChI is InChI=1S/C27H25BrFN5O2S/c1-2-19-15-3-4-16(11-15)23(19)31-22(35)13-37-27-30-21-12-17(28)7-10-20(21)25-32-26(36)24(33-34(25)27)14-5-8-18(29)9-6-14/h5-10,12,15-16,19,23H,2-4,11,13H2,1H3,(H,31,35)/t15-,16-,19-,23+/m0/s1. The third kappa shape index (κ3) is 4.54. The van der Waals surface area contributed by atoms with E-state index in [1.165, 1.54) is 59.8 Å². The number of carbonyl (C=O) groups is 1. The van der Waals surface area contributed by atoms with Gasteiger partial charge in [-0.1, -0.05) is 41.0 Å². The van der Waals surface area contributed by atoms with Gasteiger partial charge in [0.15, 0.2) is 16.5 Å². The smallest absolute Gasteiger partial charge is 0.300 e. The molecule has 4 aromatic rings. The highest BCUT2D eigenvalue weighted by Gasteiger charge is 2.46. The van der Waals surface area contributed by atoms with Gasteiger partial charge in [-0.05, 0) is 79.5 Å². The number of rotatable bonds is 6. The van der Waals surface area contributed by atoms with Crippen molar-refractivity contribution in [2.75, 3.05) is 5.75 Å². The lowest BCUT2D eigenvalue weighted by Crippen LogP contribution is -2.44. The summed E-state index contributed by atoms with van der Waals surface area (Å²) < 4.78 is 15.8. The minimum atomic E-state index is -0.516. The number of nitrogens with zero attached hydrogens (tertiary/aromatic N) is 4. The van der Waals surface area contributed by atoms with Crippen molar-refractivity contribution in [2.24, 2.45) is 17.8 Å². The number of hydrogen-bond acceptors (Lipinski definition) is 6. The highest BCUT2D eigenvalue weighted by Crippen LogP contribution is 2.49. The van der Waals surface area contributed by atoms with Gasteiger partial charge in [-0.15, -0.1) is 0 Å². The fraction of sp³-hybridized carbons (Fsp3) is 0.370. The number of fused-ring (bicyclic) bond motifs is 5. The molecule has 0 saturated heterocycles. The zero-order valence-electron chi connectivity index (χ0n) is 20.2. The van der Waals surface area contributed by atoms with Gasteiger partial charge in [-0.3, -0.25) is 9.59 Å². The van der Waals surface area contributed by atoms with Crippen LogP contribution in [0.15, 0.2) is 56.9 Å². The van der Waals surface area contributed by atoms with E-state index < -0.39 is 11.4 Å². The number of carbonyl (C=O) groups excluding carboxylic acids is 1. The van der Waals surface area contributed by atoms with E-state index in [2.05, 4.69) is 38.3 Å². The number of benzene rings is 2. The van der Waals surface area contributed by atoms with Gasteiger partial charge in [0.05, 0.1) is 11.3 Å². The molecule has 0 unspecified atom stereocenters. The predicted octanol–water partition coefficient (Wildman–Crippen LogP) is 5.24.